The average Bonchev–Trinajstić information content (AvgIpc) is 2.54. The molecule has 0 aromatic rings. The van der Waals surface area contributed by atoms with Crippen LogP contribution >= 0.6 is 35.7 Å². The van der Waals surface area contributed by atoms with E-state index in [4.69, 9.17) is 9.73 Å². The average molecular weight is 456 g/mol. The van der Waals surface area contributed by atoms with Gasteiger partial charge in [0, 0.05) is 37.1 Å². The molecule has 0 aromatic heterocycles. The topological polar surface area (TPSA) is 48.9 Å². The number of hydrogen-bond acceptors (Lipinski definition) is 4. The lowest BCUT2D eigenvalue weighted by Gasteiger charge is -2.41. The first-order chi connectivity index (χ1) is 10.7. The van der Waals surface area contributed by atoms with Crippen LogP contribution in [0.4, 0.5) is 0 Å². The van der Waals surface area contributed by atoms with Crippen molar-refractivity contribution in [2.24, 2.45) is 4.99 Å². The highest BCUT2D eigenvalue weighted by atomic mass is 127. The maximum absolute atomic E-state index is 5.54. The second-order valence-electron chi connectivity index (χ2n) is 6.48. The van der Waals surface area contributed by atoms with E-state index in [1.807, 2.05) is 11.8 Å². The van der Waals surface area contributed by atoms with Crippen LogP contribution < -0.4 is 10.6 Å². The fourth-order valence-electron chi connectivity index (χ4n) is 3.09. The number of halogens is 1. The highest BCUT2D eigenvalue weighted by Crippen LogP contribution is 2.26. The van der Waals surface area contributed by atoms with E-state index in [0.717, 1.165) is 45.1 Å². The molecular weight excluding hydrogens is 423 g/mol. The number of ether oxygens (including phenoxy) is 1. The largest absolute Gasteiger partial charge is 0.381 e. The molecule has 0 radical (unpaired) electrons. The van der Waals surface area contributed by atoms with Crippen LogP contribution in [0.5, 0.6) is 0 Å². The Kier molecular flexibility index (Phi) is 10.2. The lowest BCUT2D eigenvalue weighted by molar-refractivity contribution is -0.00255. The van der Waals surface area contributed by atoms with Crippen LogP contribution in [0.25, 0.3) is 0 Å². The van der Waals surface area contributed by atoms with Crippen LogP contribution in [-0.4, -0.2) is 74.3 Å². The number of nitrogens with zero attached hydrogens (tertiary/aromatic N) is 2. The van der Waals surface area contributed by atoms with Crippen molar-refractivity contribution >= 4 is 41.7 Å². The molecule has 1 unspecified atom stereocenters. The van der Waals surface area contributed by atoms with Gasteiger partial charge >= 0.3 is 0 Å². The molecule has 2 N–H and O–H groups in total. The smallest absolute Gasteiger partial charge is 0.191 e. The Bertz CT molecular complexity index is 356. The summed E-state index contributed by atoms with van der Waals surface area (Å²) < 4.78 is 5.54. The van der Waals surface area contributed by atoms with E-state index in [1.165, 1.54) is 24.3 Å². The number of hydrogen-bond donors (Lipinski definition) is 2. The van der Waals surface area contributed by atoms with E-state index in [-0.39, 0.29) is 29.5 Å². The Labute approximate surface area is 162 Å². The summed E-state index contributed by atoms with van der Waals surface area (Å²) >= 11 is 2.04. The summed E-state index contributed by atoms with van der Waals surface area (Å²) in [6, 6.07) is 0.557. The van der Waals surface area contributed by atoms with Crippen molar-refractivity contribution in [3.63, 3.8) is 0 Å². The molecule has 0 aromatic carbocycles. The molecule has 2 saturated heterocycles. The van der Waals surface area contributed by atoms with Gasteiger partial charge in [0.15, 0.2) is 5.96 Å². The molecule has 0 bridgehead atoms. The first-order valence-corrected chi connectivity index (χ1v) is 9.69. The van der Waals surface area contributed by atoms with Gasteiger partial charge in [0.05, 0.1) is 6.54 Å². The van der Waals surface area contributed by atoms with Crippen molar-refractivity contribution in [1.82, 2.24) is 15.5 Å². The second kappa shape index (κ2) is 11.0. The molecule has 5 nitrogen and oxygen atoms in total. The Morgan fingerprint density at radius 3 is 2.65 bits per heavy atom. The Morgan fingerprint density at radius 1 is 1.35 bits per heavy atom. The molecule has 0 spiro atoms. The van der Waals surface area contributed by atoms with Crippen molar-refractivity contribution in [2.75, 3.05) is 51.9 Å². The van der Waals surface area contributed by atoms with Crippen molar-refractivity contribution in [1.29, 1.82) is 0 Å². The Morgan fingerprint density at radius 2 is 2.09 bits per heavy atom. The molecule has 0 amide bonds. The fourth-order valence-corrected chi connectivity index (χ4v) is 4.16. The molecule has 0 aliphatic carbocycles. The summed E-state index contributed by atoms with van der Waals surface area (Å²) in [7, 11) is 4.33. The van der Waals surface area contributed by atoms with E-state index in [0.29, 0.717) is 6.04 Å². The number of nitrogens with one attached hydrogen (secondary N) is 2. The van der Waals surface area contributed by atoms with Gasteiger partial charge < -0.3 is 20.3 Å². The normalized spacial score (nSPS) is 24.9. The molecule has 2 aliphatic rings. The third-order valence-corrected chi connectivity index (χ3v) is 5.96. The number of guanidine groups is 1. The zero-order chi connectivity index (χ0) is 15.8. The van der Waals surface area contributed by atoms with Gasteiger partial charge in [-0.3, -0.25) is 4.99 Å². The molecular formula is C16H33IN4OS. The van der Waals surface area contributed by atoms with Gasteiger partial charge in [-0.05, 0) is 52.5 Å². The van der Waals surface area contributed by atoms with Gasteiger partial charge in [0.2, 0.25) is 0 Å². The maximum atomic E-state index is 5.54. The van der Waals surface area contributed by atoms with Crippen LogP contribution in [0.3, 0.4) is 0 Å². The zero-order valence-electron chi connectivity index (χ0n) is 14.8. The molecule has 7 heteroatoms. The van der Waals surface area contributed by atoms with Crippen LogP contribution in [0.15, 0.2) is 4.99 Å². The molecule has 2 heterocycles. The highest BCUT2D eigenvalue weighted by molar-refractivity contribution is 14.0. The molecule has 2 rings (SSSR count). The van der Waals surface area contributed by atoms with Crippen LogP contribution in [0, 0.1) is 0 Å². The minimum atomic E-state index is 0. The molecule has 2 aliphatic heterocycles. The van der Waals surface area contributed by atoms with Gasteiger partial charge in [0.25, 0.3) is 0 Å². The first-order valence-electron chi connectivity index (χ1n) is 8.54. The van der Waals surface area contributed by atoms with Gasteiger partial charge in [-0.1, -0.05) is 0 Å². The van der Waals surface area contributed by atoms with Crippen LogP contribution in [-0.2, 0) is 4.74 Å². The number of likely N-dealkylation sites (N-methyl/N-ethyl adjacent to an activating group) is 1. The van der Waals surface area contributed by atoms with E-state index in [9.17, 15) is 0 Å². The molecule has 2 fully saturated rings. The number of thioether (sulfide) groups is 1. The van der Waals surface area contributed by atoms with Crippen molar-refractivity contribution in [2.45, 2.75) is 44.2 Å². The summed E-state index contributed by atoms with van der Waals surface area (Å²) in [5.41, 5.74) is 0.141. The van der Waals surface area contributed by atoms with E-state index in [2.05, 4.69) is 36.6 Å². The van der Waals surface area contributed by atoms with E-state index >= 15 is 0 Å². The van der Waals surface area contributed by atoms with E-state index in [1.54, 1.807) is 0 Å². The SMILES string of the molecule is CCNC(=NCC1(N(C)C)CCOCC1)NC1CCCSC1.I. The van der Waals surface area contributed by atoms with Crippen molar-refractivity contribution in [3.05, 3.63) is 0 Å². The monoisotopic (exact) mass is 456 g/mol. The van der Waals surface area contributed by atoms with E-state index < -0.39 is 0 Å². The predicted molar refractivity (Wildman–Crippen MR) is 111 cm³/mol. The summed E-state index contributed by atoms with van der Waals surface area (Å²) in [5.74, 6) is 3.47. The number of aliphatic imine (C=N–C) groups is 1. The third-order valence-electron chi connectivity index (χ3n) is 4.75. The lowest BCUT2D eigenvalue weighted by Crippen LogP contribution is -2.52. The zero-order valence-corrected chi connectivity index (χ0v) is 17.9. The molecule has 1 atom stereocenters. The summed E-state index contributed by atoms with van der Waals surface area (Å²) in [5, 5.41) is 7.03. The summed E-state index contributed by atoms with van der Waals surface area (Å²) in [4.78, 5) is 7.24. The molecule has 136 valence electrons. The van der Waals surface area contributed by atoms with Crippen molar-refractivity contribution in [3.8, 4) is 0 Å². The minimum absolute atomic E-state index is 0. The summed E-state index contributed by atoms with van der Waals surface area (Å²) in [6.07, 6.45) is 4.68. The quantitative estimate of drug-likeness (QED) is 0.377. The van der Waals surface area contributed by atoms with Gasteiger partial charge in [-0.2, -0.15) is 11.8 Å². The maximum Gasteiger partial charge on any atom is 0.191 e. The third kappa shape index (κ3) is 6.59. The van der Waals surface area contributed by atoms with Gasteiger partial charge in [0.1, 0.15) is 0 Å². The highest BCUT2D eigenvalue weighted by Gasteiger charge is 2.34. The summed E-state index contributed by atoms with van der Waals surface area (Å²) in [6.45, 7) is 5.55. The van der Waals surface area contributed by atoms with Gasteiger partial charge in [-0.15, -0.1) is 24.0 Å². The van der Waals surface area contributed by atoms with Gasteiger partial charge in [-0.25, -0.2) is 0 Å². The Balaban J connectivity index is 0.00000264. The molecule has 0 saturated carbocycles. The fraction of sp³-hybridized carbons (Fsp3) is 0.938. The number of rotatable bonds is 5. The second-order valence-corrected chi connectivity index (χ2v) is 7.63. The van der Waals surface area contributed by atoms with Crippen molar-refractivity contribution < 1.29 is 4.74 Å². The minimum Gasteiger partial charge on any atom is -0.381 e. The van der Waals surface area contributed by atoms with Crippen LogP contribution in [0.1, 0.15) is 32.6 Å². The predicted octanol–water partition coefficient (Wildman–Crippen LogP) is 2.17. The first kappa shape index (κ1) is 21.3. The standard InChI is InChI=1S/C16H32N4OS.HI/c1-4-17-15(19-14-6-5-11-22-12-14)18-13-16(20(2)3)7-9-21-10-8-16;/h14H,4-13H2,1-3H3,(H2,17,18,19);1H. The lowest BCUT2D eigenvalue weighted by atomic mass is 9.89. The van der Waals surface area contributed by atoms with Crippen LogP contribution in [0.2, 0.25) is 0 Å². The Hall–Kier alpha value is 0.270. The molecule has 23 heavy (non-hydrogen) atoms.